The van der Waals surface area contributed by atoms with Crippen LogP contribution in [0.5, 0.6) is 0 Å². The van der Waals surface area contributed by atoms with Gasteiger partial charge in [0.25, 0.3) is 9.84 Å². The zero-order valence-corrected chi connectivity index (χ0v) is 19.8. The molecule has 0 saturated carbocycles. The van der Waals surface area contributed by atoms with E-state index in [1.165, 1.54) is 12.5 Å². The third kappa shape index (κ3) is 6.43. The number of aromatic nitrogens is 2. The molecule has 0 radical (unpaired) electrons. The van der Waals surface area contributed by atoms with Gasteiger partial charge in [0.1, 0.15) is 13.1 Å². The van der Waals surface area contributed by atoms with Crippen LogP contribution >= 0.6 is 0 Å². The van der Waals surface area contributed by atoms with Crippen LogP contribution in [0.3, 0.4) is 0 Å². The molecule has 0 fully saturated rings. The van der Waals surface area contributed by atoms with Gasteiger partial charge in [0.05, 0.1) is 0 Å². The van der Waals surface area contributed by atoms with Crippen molar-refractivity contribution in [1.82, 2.24) is 0 Å². The molecule has 0 unspecified atom stereocenters. The van der Waals surface area contributed by atoms with Crippen LogP contribution in [0.4, 0.5) is 26.3 Å². The van der Waals surface area contributed by atoms with E-state index >= 15 is 0 Å². The minimum atomic E-state index is -6.34. The predicted molar refractivity (Wildman–Crippen MR) is 105 cm³/mol. The number of pyridine rings is 2. The molecule has 0 aliphatic heterocycles. The summed E-state index contributed by atoms with van der Waals surface area (Å²) in [6.45, 7) is 7.07. The Kier molecular flexibility index (Phi) is 9.05. The zero-order valence-electron chi connectivity index (χ0n) is 18.2. The van der Waals surface area contributed by atoms with Crippen molar-refractivity contribution in [3.05, 3.63) is 47.9 Å². The summed E-state index contributed by atoms with van der Waals surface area (Å²) in [5.74, 6) is 0. The number of nitrogens with zero attached hydrogens (tertiary/aromatic N) is 2. The van der Waals surface area contributed by atoms with Gasteiger partial charge in [-0.1, -0.05) is 6.92 Å². The number of alkyl halides is 6. The van der Waals surface area contributed by atoms with Crippen molar-refractivity contribution in [3.63, 3.8) is 0 Å². The summed E-state index contributed by atoms with van der Waals surface area (Å²) in [5.41, 5.74) is -11.4. The largest absolute Gasteiger partial charge is 0.507 e. The molecule has 0 bridgehead atoms. The fourth-order valence-electron chi connectivity index (χ4n) is 2.63. The first-order valence-corrected chi connectivity index (χ1v) is 12.5. The van der Waals surface area contributed by atoms with Crippen LogP contribution in [-0.2, 0) is 32.8 Å². The molecule has 14 heteroatoms. The van der Waals surface area contributed by atoms with Crippen molar-refractivity contribution >= 4 is 19.7 Å². The Balaban J connectivity index is 0.000000502. The molecule has 0 aliphatic rings. The average molecular weight is 523 g/mol. The Morgan fingerprint density at radius 2 is 1.27 bits per heavy atom. The van der Waals surface area contributed by atoms with Gasteiger partial charge in [0.2, 0.25) is 0 Å². The van der Waals surface area contributed by atoms with Gasteiger partial charge in [-0.2, -0.15) is 30.9 Å². The lowest BCUT2D eigenvalue weighted by Gasteiger charge is -2.15. The molecular formula is C19H24F6N2O4S2+2. The second kappa shape index (κ2) is 10.4. The summed E-state index contributed by atoms with van der Waals surface area (Å²) in [7, 11) is -12.7. The highest BCUT2D eigenvalue weighted by atomic mass is 32.2. The molecule has 2 rings (SSSR count). The number of hydrogen-bond donors (Lipinski definition) is 0. The van der Waals surface area contributed by atoms with Crippen LogP contribution in [-0.4, -0.2) is 27.9 Å². The molecule has 0 amide bonds. The SMILES string of the molecule is CCC[n+]1ccc(C)c(S(=O)(=O)C(F)(F)F)c1S(=O)(=O)C(F)(F)F.CC[n+]1ccc(C)cc1. The molecule has 0 aromatic carbocycles. The molecule has 186 valence electrons. The van der Waals surface area contributed by atoms with Crippen molar-refractivity contribution in [3.8, 4) is 0 Å². The highest BCUT2D eigenvalue weighted by Gasteiger charge is 2.59. The summed E-state index contributed by atoms with van der Waals surface area (Å²) in [6, 6.07) is 5.04. The number of sulfone groups is 2. The minimum Gasteiger partial charge on any atom is -0.214 e. The Hall–Kier alpha value is -2.22. The molecular weight excluding hydrogens is 498 g/mol. The Labute approximate surface area is 188 Å². The smallest absolute Gasteiger partial charge is 0.214 e. The second-order valence-electron chi connectivity index (χ2n) is 6.93. The molecule has 2 heterocycles. The highest BCUT2D eigenvalue weighted by Crippen LogP contribution is 2.38. The van der Waals surface area contributed by atoms with E-state index in [1.807, 2.05) is 0 Å². The fraction of sp³-hybridized carbons (Fsp3) is 0.474. The first-order chi connectivity index (χ1) is 14.9. The molecule has 0 N–H and O–H groups in total. The third-order valence-electron chi connectivity index (χ3n) is 4.34. The summed E-state index contributed by atoms with van der Waals surface area (Å²) in [5, 5.41) is -1.94. The standard InChI is InChI=1S/C11H12F6NO4S2.C8H12N/c1-3-5-18-6-4-7(2)8(23(19,20)10(12,13)14)9(18)24(21,22)11(15,16)17;1-3-9-6-4-8(2)5-7-9/h4,6H,3,5H2,1-2H3;4-7H,3H2,1-2H3/q2*+1. The van der Waals surface area contributed by atoms with Crippen molar-refractivity contribution in [2.75, 3.05) is 0 Å². The maximum absolute atomic E-state index is 12.9. The highest BCUT2D eigenvalue weighted by molar-refractivity contribution is 7.95. The second-order valence-corrected chi connectivity index (χ2v) is 10.7. The van der Waals surface area contributed by atoms with Gasteiger partial charge >= 0.3 is 25.9 Å². The van der Waals surface area contributed by atoms with Gasteiger partial charge in [-0.3, -0.25) is 0 Å². The molecule has 0 spiro atoms. The first-order valence-electron chi connectivity index (χ1n) is 9.53. The maximum atomic E-state index is 12.9. The van der Waals surface area contributed by atoms with Crippen LogP contribution in [0, 0.1) is 13.8 Å². The van der Waals surface area contributed by atoms with Gasteiger partial charge in [-0.15, -0.1) is 0 Å². The van der Waals surface area contributed by atoms with Crippen molar-refractivity contribution in [2.45, 2.75) is 68.1 Å². The number of hydrogen-bond acceptors (Lipinski definition) is 4. The van der Waals surface area contributed by atoms with Crippen LogP contribution in [0.2, 0.25) is 0 Å². The number of rotatable bonds is 5. The Bertz CT molecular complexity index is 1170. The van der Waals surface area contributed by atoms with Crippen molar-refractivity contribution in [2.24, 2.45) is 0 Å². The van der Waals surface area contributed by atoms with Gasteiger partial charge < -0.3 is 0 Å². The van der Waals surface area contributed by atoms with Gasteiger partial charge in [-0.25, -0.2) is 21.4 Å². The van der Waals surface area contributed by atoms with E-state index in [0.717, 1.165) is 25.7 Å². The van der Waals surface area contributed by atoms with Gasteiger partial charge in [0, 0.05) is 24.6 Å². The topological polar surface area (TPSA) is 76.0 Å². The number of aryl methyl sites for hydroxylation is 4. The van der Waals surface area contributed by atoms with E-state index in [9.17, 15) is 43.2 Å². The van der Waals surface area contributed by atoms with Crippen LogP contribution in [0.25, 0.3) is 0 Å². The van der Waals surface area contributed by atoms with Gasteiger partial charge in [-0.05, 0) is 31.9 Å². The summed E-state index contributed by atoms with van der Waals surface area (Å²) in [4.78, 5) is -1.91. The molecule has 33 heavy (non-hydrogen) atoms. The molecule has 0 saturated heterocycles. The molecule has 0 atom stereocenters. The lowest BCUT2D eigenvalue weighted by atomic mass is 10.3. The Morgan fingerprint density at radius 3 is 1.67 bits per heavy atom. The monoisotopic (exact) mass is 522 g/mol. The molecule has 2 aromatic rings. The van der Waals surface area contributed by atoms with Crippen molar-refractivity contribution in [1.29, 1.82) is 0 Å². The lowest BCUT2D eigenvalue weighted by molar-refractivity contribution is -0.736. The minimum absolute atomic E-state index is 0.0552. The van der Waals surface area contributed by atoms with Crippen LogP contribution in [0.1, 0.15) is 31.4 Å². The van der Waals surface area contributed by atoms with Crippen LogP contribution in [0.15, 0.2) is 46.7 Å². The van der Waals surface area contributed by atoms with E-state index in [4.69, 9.17) is 0 Å². The average Bonchev–Trinajstić information content (AvgIpc) is 2.68. The Morgan fingerprint density at radius 1 is 0.788 bits per heavy atom. The van der Waals surface area contributed by atoms with E-state index in [0.29, 0.717) is 4.57 Å². The summed E-state index contributed by atoms with van der Waals surface area (Å²) >= 11 is 0. The van der Waals surface area contributed by atoms with Crippen LogP contribution < -0.4 is 9.13 Å². The van der Waals surface area contributed by atoms with Gasteiger partial charge in [0.15, 0.2) is 23.5 Å². The van der Waals surface area contributed by atoms with E-state index in [1.54, 1.807) is 0 Å². The zero-order chi connectivity index (χ0) is 25.8. The molecule has 2 aromatic heterocycles. The summed E-state index contributed by atoms with van der Waals surface area (Å²) in [6.07, 6.45) is 5.04. The first kappa shape index (κ1) is 28.8. The van der Waals surface area contributed by atoms with Crippen molar-refractivity contribution < 1.29 is 52.3 Å². The quantitative estimate of drug-likeness (QED) is 0.445. The van der Waals surface area contributed by atoms with E-state index < -0.39 is 52.7 Å². The normalized spacial score (nSPS) is 12.8. The lowest BCUT2D eigenvalue weighted by Crippen LogP contribution is -2.45. The summed E-state index contributed by atoms with van der Waals surface area (Å²) < 4.78 is 126. The molecule has 0 aliphatic carbocycles. The third-order valence-corrected chi connectivity index (χ3v) is 7.69. The number of halogens is 6. The van der Waals surface area contributed by atoms with E-state index in [-0.39, 0.29) is 6.42 Å². The van der Waals surface area contributed by atoms with E-state index in [2.05, 4.69) is 42.9 Å². The fourth-order valence-corrected chi connectivity index (χ4v) is 5.45. The molecule has 6 nitrogen and oxygen atoms in total. The maximum Gasteiger partial charge on any atom is 0.507 e. The predicted octanol–water partition coefficient (Wildman–Crippen LogP) is 3.58.